The summed E-state index contributed by atoms with van der Waals surface area (Å²) < 4.78 is 28.9. The molecule has 1 N–H and O–H groups in total. The fourth-order valence-corrected chi connectivity index (χ4v) is 3.29. The van der Waals surface area contributed by atoms with E-state index in [0.29, 0.717) is 0 Å². The van der Waals surface area contributed by atoms with Gasteiger partial charge in [-0.3, -0.25) is 4.79 Å². The second kappa shape index (κ2) is 5.83. The van der Waals surface area contributed by atoms with Gasteiger partial charge in [0.05, 0.1) is 17.6 Å². The van der Waals surface area contributed by atoms with Crippen molar-refractivity contribution in [2.24, 2.45) is 0 Å². The molecule has 19 heavy (non-hydrogen) atoms. The lowest BCUT2D eigenvalue weighted by molar-refractivity contribution is -0.140. The average molecular weight is 286 g/mol. The Balaban J connectivity index is 3.30. The highest BCUT2D eigenvalue weighted by molar-refractivity contribution is 7.92. The highest BCUT2D eigenvalue weighted by atomic mass is 32.2. The monoisotopic (exact) mass is 286 g/mol. The molecule has 104 valence electrons. The number of methoxy groups -OCH3 is 1. The maximum absolute atomic E-state index is 12.2. The van der Waals surface area contributed by atoms with Crippen molar-refractivity contribution in [2.75, 3.05) is 7.11 Å². The number of rotatable bonds is 5. The maximum atomic E-state index is 12.2. The molecule has 0 fully saturated rings. The predicted octanol–water partition coefficient (Wildman–Crippen LogP) is 1.11. The van der Waals surface area contributed by atoms with E-state index in [9.17, 15) is 18.0 Å². The molecular weight excluding hydrogens is 272 g/mol. The molecule has 1 atom stereocenters. The average Bonchev–Trinajstić information content (AvgIpc) is 2.39. The fraction of sp³-hybridized carbons (Fsp3) is 0.333. The predicted molar refractivity (Wildman–Crippen MR) is 66.7 cm³/mol. The van der Waals surface area contributed by atoms with E-state index in [4.69, 9.17) is 5.11 Å². The normalized spacial score (nSPS) is 12.7. The van der Waals surface area contributed by atoms with Gasteiger partial charge in [0, 0.05) is 0 Å². The molecule has 1 unspecified atom stereocenters. The minimum Gasteiger partial charge on any atom is -0.478 e. The van der Waals surface area contributed by atoms with Gasteiger partial charge < -0.3 is 9.84 Å². The third-order valence-electron chi connectivity index (χ3n) is 2.62. The van der Waals surface area contributed by atoms with Crippen LogP contribution in [0.5, 0.6) is 0 Å². The molecule has 0 saturated carbocycles. The van der Waals surface area contributed by atoms with E-state index in [-0.39, 0.29) is 16.9 Å². The summed E-state index contributed by atoms with van der Waals surface area (Å²) in [5.74, 6) is -2.09. The summed E-state index contributed by atoms with van der Waals surface area (Å²) in [6, 6.07) is 4.89. The highest BCUT2D eigenvalue weighted by Gasteiger charge is 2.33. The van der Waals surface area contributed by atoms with Gasteiger partial charge in [0.1, 0.15) is 0 Å². The van der Waals surface area contributed by atoms with E-state index >= 15 is 0 Å². The maximum Gasteiger partial charge on any atom is 0.335 e. The Kier molecular flexibility index (Phi) is 4.66. The smallest absolute Gasteiger partial charge is 0.335 e. The third kappa shape index (κ3) is 3.11. The topological polar surface area (TPSA) is 97.7 Å². The number of aromatic carboxylic acids is 1. The summed E-state index contributed by atoms with van der Waals surface area (Å²) in [5.41, 5.74) is -0.152. The number of sulfone groups is 1. The first-order chi connectivity index (χ1) is 8.84. The fourth-order valence-electron chi connectivity index (χ4n) is 1.61. The van der Waals surface area contributed by atoms with Crippen molar-refractivity contribution in [3.63, 3.8) is 0 Å². The Bertz CT molecular complexity index is 590. The van der Waals surface area contributed by atoms with Crippen LogP contribution in [0.2, 0.25) is 0 Å². The van der Waals surface area contributed by atoms with Crippen LogP contribution < -0.4 is 0 Å². The van der Waals surface area contributed by atoms with Gasteiger partial charge in [-0.05, 0) is 24.6 Å². The summed E-state index contributed by atoms with van der Waals surface area (Å²) in [5, 5.41) is 7.51. The molecule has 0 saturated heterocycles. The molecule has 1 aromatic rings. The Morgan fingerprint density at radius 3 is 2.47 bits per heavy atom. The summed E-state index contributed by atoms with van der Waals surface area (Å²) in [4.78, 5) is 22.1. The van der Waals surface area contributed by atoms with E-state index in [1.54, 1.807) is 6.92 Å². The van der Waals surface area contributed by atoms with Crippen LogP contribution in [0.3, 0.4) is 0 Å². The van der Waals surface area contributed by atoms with Gasteiger partial charge in [-0.25, -0.2) is 13.2 Å². The molecule has 0 aliphatic carbocycles. The van der Waals surface area contributed by atoms with Crippen molar-refractivity contribution < 1.29 is 27.9 Å². The van der Waals surface area contributed by atoms with E-state index in [0.717, 1.165) is 13.2 Å². The van der Waals surface area contributed by atoms with Gasteiger partial charge in [-0.1, -0.05) is 13.0 Å². The largest absolute Gasteiger partial charge is 0.478 e. The van der Waals surface area contributed by atoms with Gasteiger partial charge in [0.15, 0.2) is 15.1 Å². The zero-order valence-electron chi connectivity index (χ0n) is 10.5. The van der Waals surface area contributed by atoms with Crippen LogP contribution in [0.4, 0.5) is 0 Å². The second-order valence-electron chi connectivity index (χ2n) is 3.80. The molecule has 0 aromatic heterocycles. The van der Waals surface area contributed by atoms with Crippen LogP contribution >= 0.6 is 0 Å². The Labute approximate surface area is 110 Å². The molecule has 0 amide bonds. The molecule has 0 heterocycles. The SMILES string of the molecule is CCC(C(=O)OC)S(=O)(=O)c1cccc(C(=O)O)c1. The van der Waals surface area contributed by atoms with Gasteiger partial charge in [-0.2, -0.15) is 0 Å². The van der Waals surface area contributed by atoms with Gasteiger partial charge in [0.25, 0.3) is 0 Å². The molecule has 0 bridgehead atoms. The minimum absolute atomic E-state index is 0.0479. The van der Waals surface area contributed by atoms with Gasteiger partial charge >= 0.3 is 11.9 Å². The second-order valence-corrected chi connectivity index (χ2v) is 5.93. The van der Waals surface area contributed by atoms with Crippen molar-refractivity contribution in [3.8, 4) is 0 Å². The van der Waals surface area contributed by atoms with E-state index in [2.05, 4.69) is 4.74 Å². The van der Waals surface area contributed by atoms with Crippen molar-refractivity contribution in [2.45, 2.75) is 23.5 Å². The van der Waals surface area contributed by atoms with Crippen LogP contribution in [0, 0.1) is 0 Å². The molecule has 1 aromatic carbocycles. The molecule has 1 rings (SSSR count). The Hall–Kier alpha value is -1.89. The molecule has 0 radical (unpaired) electrons. The number of carboxylic acid groups (broad SMARTS) is 1. The van der Waals surface area contributed by atoms with E-state index in [1.807, 2.05) is 0 Å². The number of hydrogen-bond acceptors (Lipinski definition) is 5. The van der Waals surface area contributed by atoms with E-state index in [1.165, 1.54) is 18.2 Å². The number of esters is 1. The van der Waals surface area contributed by atoms with Gasteiger partial charge in [-0.15, -0.1) is 0 Å². The number of carboxylic acids is 1. The Morgan fingerprint density at radius 1 is 1.37 bits per heavy atom. The van der Waals surface area contributed by atoms with Crippen molar-refractivity contribution in [1.82, 2.24) is 0 Å². The number of ether oxygens (including phenoxy) is 1. The molecule has 0 aliphatic rings. The first-order valence-electron chi connectivity index (χ1n) is 5.49. The van der Waals surface area contributed by atoms with Crippen LogP contribution in [0.25, 0.3) is 0 Å². The molecule has 0 spiro atoms. The minimum atomic E-state index is -3.96. The van der Waals surface area contributed by atoms with Crippen LogP contribution in [0.15, 0.2) is 29.2 Å². The van der Waals surface area contributed by atoms with Crippen molar-refractivity contribution in [3.05, 3.63) is 29.8 Å². The lowest BCUT2D eigenvalue weighted by Gasteiger charge is -2.13. The summed E-state index contributed by atoms with van der Waals surface area (Å²) in [7, 11) is -2.85. The zero-order chi connectivity index (χ0) is 14.6. The lowest BCUT2D eigenvalue weighted by Crippen LogP contribution is -2.31. The summed E-state index contributed by atoms with van der Waals surface area (Å²) >= 11 is 0. The standard InChI is InChI=1S/C12H14O6S/c1-3-10(12(15)18-2)19(16,17)9-6-4-5-8(7-9)11(13)14/h4-7,10H,3H2,1-2H3,(H,13,14). The van der Waals surface area contributed by atoms with Crippen LogP contribution in [0.1, 0.15) is 23.7 Å². The summed E-state index contributed by atoms with van der Waals surface area (Å²) in [6.45, 7) is 1.54. The van der Waals surface area contributed by atoms with Crippen molar-refractivity contribution >= 4 is 21.8 Å². The van der Waals surface area contributed by atoms with Crippen LogP contribution in [-0.4, -0.2) is 37.8 Å². The molecular formula is C12H14O6S. The first kappa shape index (κ1) is 15.2. The molecule has 7 heteroatoms. The zero-order valence-corrected chi connectivity index (χ0v) is 11.3. The number of carbonyl (C=O) groups is 2. The molecule has 6 nitrogen and oxygen atoms in total. The van der Waals surface area contributed by atoms with Crippen molar-refractivity contribution in [1.29, 1.82) is 0 Å². The Morgan fingerprint density at radius 2 is 2.00 bits per heavy atom. The summed E-state index contributed by atoms with van der Waals surface area (Å²) in [6.07, 6.45) is 0.0479. The van der Waals surface area contributed by atoms with E-state index < -0.39 is 27.0 Å². The molecule has 0 aliphatic heterocycles. The third-order valence-corrected chi connectivity index (χ3v) is 4.80. The quantitative estimate of drug-likeness (QED) is 0.814. The van der Waals surface area contributed by atoms with Gasteiger partial charge in [0.2, 0.25) is 0 Å². The highest BCUT2D eigenvalue weighted by Crippen LogP contribution is 2.20. The number of carbonyl (C=O) groups excluding carboxylic acids is 1. The number of hydrogen-bond donors (Lipinski definition) is 1. The van der Waals surface area contributed by atoms with Crippen LogP contribution in [-0.2, 0) is 19.4 Å². The first-order valence-corrected chi connectivity index (χ1v) is 7.04. The lowest BCUT2D eigenvalue weighted by atomic mass is 10.2. The number of benzene rings is 1.